The van der Waals surface area contributed by atoms with Gasteiger partial charge in [0.25, 0.3) is 0 Å². The van der Waals surface area contributed by atoms with Crippen LogP contribution in [0.4, 0.5) is 4.39 Å². The van der Waals surface area contributed by atoms with Gasteiger partial charge in [0.05, 0.1) is 13.1 Å². The Morgan fingerprint density at radius 3 is 2.35 bits per heavy atom. The lowest BCUT2D eigenvalue weighted by Crippen LogP contribution is -2.53. The molecule has 0 aromatic heterocycles. The highest BCUT2D eigenvalue weighted by atomic mass is 127. The van der Waals surface area contributed by atoms with E-state index in [2.05, 4.69) is 15.1 Å². The summed E-state index contributed by atoms with van der Waals surface area (Å²) in [5.74, 6) is 0.558. The van der Waals surface area contributed by atoms with Gasteiger partial charge < -0.3 is 15.1 Å². The number of nitrogens with one attached hydrogen (secondary N) is 1. The summed E-state index contributed by atoms with van der Waals surface area (Å²) in [6, 6.07) is 16.8. The molecule has 1 heterocycles. The monoisotopic (exact) mass is 539 g/mol. The molecular weight excluding hydrogens is 508 g/mol. The summed E-state index contributed by atoms with van der Waals surface area (Å²) in [7, 11) is 3.49. The highest BCUT2D eigenvalue weighted by Gasteiger charge is 2.20. The molecule has 1 saturated heterocycles. The molecule has 0 radical (unpaired) electrons. The molecule has 0 atom stereocenters. The minimum Gasteiger partial charge on any atom is -0.347 e. The van der Waals surface area contributed by atoms with Crippen molar-refractivity contribution in [3.63, 3.8) is 0 Å². The summed E-state index contributed by atoms with van der Waals surface area (Å²) < 4.78 is 13.4. The van der Waals surface area contributed by atoms with E-state index in [1.807, 2.05) is 36.4 Å². The number of hydrogen-bond donors (Lipinski definition) is 1. The Hall–Kier alpha value is -2.20. The highest BCUT2D eigenvalue weighted by Crippen LogP contribution is 2.11. The molecule has 6 nitrogen and oxygen atoms in total. The van der Waals surface area contributed by atoms with Gasteiger partial charge in [-0.25, -0.2) is 9.38 Å². The fourth-order valence-corrected chi connectivity index (χ4v) is 3.34. The average molecular weight is 539 g/mol. The van der Waals surface area contributed by atoms with Crippen molar-refractivity contribution < 1.29 is 9.18 Å². The number of halogens is 2. The number of piperazine rings is 1. The van der Waals surface area contributed by atoms with Crippen LogP contribution < -0.4 is 5.32 Å². The second-order valence-electron chi connectivity index (χ2n) is 7.66. The van der Waals surface area contributed by atoms with E-state index in [9.17, 15) is 9.18 Å². The number of aliphatic imine (C=N–C) groups is 1. The Kier molecular flexibility index (Phi) is 10.2. The summed E-state index contributed by atoms with van der Waals surface area (Å²) in [6.45, 7) is 4.80. The Balaban J connectivity index is 0.00000341. The molecular formula is C23H31FIN5O. The van der Waals surface area contributed by atoms with Crippen LogP contribution in [-0.4, -0.2) is 73.4 Å². The van der Waals surface area contributed by atoms with E-state index >= 15 is 0 Å². The number of amides is 1. The molecule has 0 aliphatic carbocycles. The SMILES string of the molecule is CN(C)C(=O)CNC(=NCc1ccccc1)N1CCN(Cc2cccc(F)c2)CC1.I. The number of rotatable bonds is 6. The van der Waals surface area contributed by atoms with E-state index in [4.69, 9.17) is 4.99 Å². The molecule has 0 saturated carbocycles. The van der Waals surface area contributed by atoms with Crippen molar-refractivity contribution in [3.8, 4) is 0 Å². The fraction of sp³-hybridized carbons (Fsp3) is 0.391. The largest absolute Gasteiger partial charge is 0.347 e. The van der Waals surface area contributed by atoms with E-state index in [0.717, 1.165) is 49.8 Å². The van der Waals surface area contributed by atoms with Gasteiger partial charge in [-0.3, -0.25) is 9.69 Å². The number of likely N-dealkylation sites (N-methyl/N-ethyl adjacent to an activating group) is 1. The minimum atomic E-state index is -0.198. The summed E-state index contributed by atoms with van der Waals surface area (Å²) in [4.78, 5) is 22.9. The Bertz CT molecular complexity index is 854. The molecule has 1 amide bonds. The first-order valence-corrected chi connectivity index (χ1v) is 10.3. The third-order valence-electron chi connectivity index (χ3n) is 5.12. The van der Waals surface area contributed by atoms with Crippen molar-refractivity contribution in [2.45, 2.75) is 13.1 Å². The molecule has 2 aromatic rings. The molecule has 1 N–H and O–H groups in total. The highest BCUT2D eigenvalue weighted by molar-refractivity contribution is 14.0. The topological polar surface area (TPSA) is 51.2 Å². The van der Waals surface area contributed by atoms with Crippen molar-refractivity contribution in [2.24, 2.45) is 4.99 Å². The number of carbonyl (C=O) groups is 1. The standard InChI is InChI=1S/C23H30FN5O.HI/c1-27(2)22(30)17-26-23(25-16-19-7-4-3-5-8-19)29-13-11-28(12-14-29)18-20-9-6-10-21(24)15-20;/h3-10,15H,11-14,16-18H2,1-2H3,(H,25,26);1H. The van der Waals surface area contributed by atoms with Crippen LogP contribution in [0.15, 0.2) is 59.6 Å². The number of benzene rings is 2. The van der Waals surface area contributed by atoms with Gasteiger partial charge in [0, 0.05) is 46.8 Å². The molecule has 2 aromatic carbocycles. The zero-order chi connectivity index (χ0) is 21.3. The van der Waals surface area contributed by atoms with Gasteiger partial charge in [0.1, 0.15) is 5.82 Å². The van der Waals surface area contributed by atoms with Crippen LogP contribution in [0.2, 0.25) is 0 Å². The lowest BCUT2D eigenvalue weighted by Gasteiger charge is -2.36. The second-order valence-corrected chi connectivity index (χ2v) is 7.66. The smallest absolute Gasteiger partial charge is 0.241 e. The fourth-order valence-electron chi connectivity index (χ4n) is 3.34. The van der Waals surface area contributed by atoms with Crippen LogP contribution in [0.25, 0.3) is 0 Å². The summed E-state index contributed by atoms with van der Waals surface area (Å²) in [6.07, 6.45) is 0. The maximum atomic E-state index is 13.4. The van der Waals surface area contributed by atoms with E-state index in [1.165, 1.54) is 6.07 Å². The third-order valence-corrected chi connectivity index (χ3v) is 5.12. The molecule has 1 fully saturated rings. The summed E-state index contributed by atoms with van der Waals surface area (Å²) >= 11 is 0. The first kappa shape index (κ1) is 25.1. The van der Waals surface area contributed by atoms with Gasteiger partial charge in [0.2, 0.25) is 5.91 Å². The minimum absolute atomic E-state index is 0. The lowest BCUT2D eigenvalue weighted by molar-refractivity contribution is -0.127. The quantitative estimate of drug-likeness (QED) is 0.349. The summed E-state index contributed by atoms with van der Waals surface area (Å²) in [5, 5.41) is 3.23. The van der Waals surface area contributed by atoms with E-state index in [-0.39, 0.29) is 42.2 Å². The predicted octanol–water partition coefficient (Wildman–Crippen LogP) is 2.80. The van der Waals surface area contributed by atoms with E-state index in [1.54, 1.807) is 31.1 Å². The van der Waals surface area contributed by atoms with Crippen molar-refractivity contribution in [1.82, 2.24) is 20.0 Å². The first-order valence-electron chi connectivity index (χ1n) is 10.3. The maximum Gasteiger partial charge on any atom is 0.241 e. The van der Waals surface area contributed by atoms with Crippen LogP contribution in [0.5, 0.6) is 0 Å². The second kappa shape index (κ2) is 12.6. The van der Waals surface area contributed by atoms with Crippen molar-refractivity contribution in [3.05, 3.63) is 71.5 Å². The molecule has 0 unspecified atom stereocenters. The molecule has 31 heavy (non-hydrogen) atoms. The van der Waals surface area contributed by atoms with Gasteiger partial charge in [-0.2, -0.15) is 0 Å². The first-order chi connectivity index (χ1) is 14.5. The maximum absolute atomic E-state index is 13.4. The van der Waals surface area contributed by atoms with Gasteiger partial charge in [-0.05, 0) is 23.3 Å². The number of carbonyl (C=O) groups excluding carboxylic acids is 1. The van der Waals surface area contributed by atoms with Crippen LogP contribution in [0, 0.1) is 5.82 Å². The number of nitrogens with zero attached hydrogens (tertiary/aromatic N) is 4. The lowest BCUT2D eigenvalue weighted by atomic mass is 10.2. The van der Waals surface area contributed by atoms with Crippen LogP contribution >= 0.6 is 24.0 Å². The zero-order valence-corrected chi connectivity index (χ0v) is 20.5. The van der Waals surface area contributed by atoms with Crippen molar-refractivity contribution in [1.29, 1.82) is 0 Å². The van der Waals surface area contributed by atoms with E-state index < -0.39 is 0 Å². The molecule has 1 aliphatic heterocycles. The number of hydrogen-bond acceptors (Lipinski definition) is 3. The molecule has 168 valence electrons. The molecule has 1 aliphatic rings. The van der Waals surface area contributed by atoms with Crippen molar-refractivity contribution in [2.75, 3.05) is 46.8 Å². The van der Waals surface area contributed by atoms with Gasteiger partial charge in [0.15, 0.2) is 5.96 Å². The average Bonchev–Trinajstić information content (AvgIpc) is 2.75. The predicted molar refractivity (Wildman–Crippen MR) is 133 cm³/mol. The Morgan fingerprint density at radius 1 is 1.03 bits per heavy atom. The molecule has 8 heteroatoms. The Morgan fingerprint density at radius 2 is 1.71 bits per heavy atom. The normalized spacial score (nSPS) is 14.7. The number of guanidine groups is 1. The van der Waals surface area contributed by atoms with Crippen molar-refractivity contribution >= 4 is 35.8 Å². The summed E-state index contributed by atoms with van der Waals surface area (Å²) in [5.41, 5.74) is 2.11. The van der Waals surface area contributed by atoms with Crippen LogP contribution in [0.1, 0.15) is 11.1 Å². The molecule has 3 rings (SSSR count). The van der Waals surface area contributed by atoms with Gasteiger partial charge in [-0.1, -0.05) is 42.5 Å². The molecule has 0 spiro atoms. The van der Waals surface area contributed by atoms with Crippen LogP contribution in [-0.2, 0) is 17.9 Å². The van der Waals surface area contributed by atoms with Crippen LogP contribution in [0.3, 0.4) is 0 Å². The van der Waals surface area contributed by atoms with Gasteiger partial charge >= 0.3 is 0 Å². The zero-order valence-electron chi connectivity index (χ0n) is 18.1. The van der Waals surface area contributed by atoms with Gasteiger partial charge in [-0.15, -0.1) is 24.0 Å². The molecule has 0 bridgehead atoms. The third kappa shape index (κ3) is 8.10. The van der Waals surface area contributed by atoms with E-state index in [0.29, 0.717) is 6.54 Å². The Labute approximate surface area is 201 Å².